The molecule has 0 aliphatic heterocycles. The molecule has 0 fully saturated rings. The maximum Gasteiger partial charge on any atom is 0.315 e. The predicted molar refractivity (Wildman–Crippen MR) is 87.9 cm³/mol. The van der Waals surface area contributed by atoms with Crippen LogP contribution in [-0.4, -0.2) is 30.0 Å². The van der Waals surface area contributed by atoms with Crippen LogP contribution in [0.1, 0.15) is 21.5 Å². The maximum absolute atomic E-state index is 13.4. The smallest absolute Gasteiger partial charge is 0.315 e. The lowest BCUT2D eigenvalue weighted by Gasteiger charge is -2.09. The van der Waals surface area contributed by atoms with Crippen molar-refractivity contribution in [1.82, 2.24) is 20.9 Å². The molecule has 0 unspecified atom stereocenters. The number of hydrogen-bond donors (Lipinski definition) is 3. The Balaban J connectivity index is 1.65. The average molecular weight is 330 g/mol. The lowest BCUT2D eigenvalue weighted by Crippen LogP contribution is -2.40. The van der Waals surface area contributed by atoms with Crippen LogP contribution in [0.2, 0.25) is 0 Å². The number of rotatable bonds is 6. The Morgan fingerprint density at radius 2 is 1.92 bits per heavy atom. The van der Waals surface area contributed by atoms with Crippen LogP contribution in [-0.2, 0) is 6.54 Å². The summed E-state index contributed by atoms with van der Waals surface area (Å²) in [5.41, 5.74) is 1.62. The Morgan fingerprint density at radius 3 is 2.62 bits per heavy atom. The van der Waals surface area contributed by atoms with E-state index >= 15 is 0 Å². The second-order valence-electron chi connectivity index (χ2n) is 5.19. The number of urea groups is 1. The SMILES string of the molecule is Cc1ccc(C(=O)NCCNC(=O)NCc2cccnc2)cc1F. The van der Waals surface area contributed by atoms with Crippen LogP contribution >= 0.6 is 0 Å². The van der Waals surface area contributed by atoms with Gasteiger partial charge in [-0.25, -0.2) is 9.18 Å². The normalized spacial score (nSPS) is 10.1. The molecule has 0 aliphatic carbocycles. The molecule has 126 valence electrons. The third-order valence-electron chi connectivity index (χ3n) is 3.31. The van der Waals surface area contributed by atoms with Gasteiger partial charge in [-0.05, 0) is 36.2 Å². The van der Waals surface area contributed by atoms with Gasteiger partial charge in [-0.3, -0.25) is 9.78 Å². The van der Waals surface area contributed by atoms with Crippen molar-refractivity contribution in [3.05, 3.63) is 65.2 Å². The third kappa shape index (κ3) is 5.35. The van der Waals surface area contributed by atoms with E-state index in [2.05, 4.69) is 20.9 Å². The van der Waals surface area contributed by atoms with Gasteiger partial charge in [0.15, 0.2) is 0 Å². The fourth-order valence-electron chi connectivity index (χ4n) is 1.94. The molecule has 7 heteroatoms. The number of pyridine rings is 1. The first kappa shape index (κ1) is 17.4. The number of benzene rings is 1. The molecule has 3 amide bonds. The van der Waals surface area contributed by atoms with E-state index in [1.54, 1.807) is 37.5 Å². The van der Waals surface area contributed by atoms with Crippen LogP contribution in [0.5, 0.6) is 0 Å². The Hall–Kier alpha value is -2.96. The molecular formula is C17H19FN4O2. The molecule has 1 aromatic carbocycles. The zero-order chi connectivity index (χ0) is 17.4. The van der Waals surface area contributed by atoms with E-state index in [0.29, 0.717) is 12.1 Å². The van der Waals surface area contributed by atoms with Crippen molar-refractivity contribution in [2.24, 2.45) is 0 Å². The van der Waals surface area contributed by atoms with Gasteiger partial charge in [-0.1, -0.05) is 12.1 Å². The van der Waals surface area contributed by atoms with E-state index in [9.17, 15) is 14.0 Å². The summed E-state index contributed by atoms with van der Waals surface area (Å²) in [5, 5.41) is 7.92. The van der Waals surface area contributed by atoms with Gasteiger partial charge in [-0.2, -0.15) is 0 Å². The van der Waals surface area contributed by atoms with Crippen LogP contribution in [0.15, 0.2) is 42.7 Å². The standard InChI is InChI=1S/C17H19FN4O2/c1-12-4-5-14(9-15(12)18)16(23)20-7-8-21-17(24)22-11-13-3-2-6-19-10-13/h2-6,9-10H,7-8,11H2,1H3,(H,20,23)(H2,21,22,24). The fraction of sp³-hybridized carbons (Fsp3) is 0.235. The molecule has 1 heterocycles. The van der Waals surface area contributed by atoms with Crippen LogP contribution in [0.25, 0.3) is 0 Å². The van der Waals surface area contributed by atoms with Gasteiger partial charge in [0, 0.05) is 37.6 Å². The molecule has 2 rings (SSSR count). The topological polar surface area (TPSA) is 83.1 Å². The highest BCUT2D eigenvalue weighted by molar-refractivity contribution is 5.94. The fourth-order valence-corrected chi connectivity index (χ4v) is 1.94. The summed E-state index contributed by atoms with van der Waals surface area (Å²) in [6.45, 7) is 2.51. The van der Waals surface area contributed by atoms with Crippen molar-refractivity contribution in [3.63, 3.8) is 0 Å². The van der Waals surface area contributed by atoms with E-state index in [-0.39, 0.29) is 30.6 Å². The Morgan fingerprint density at radius 1 is 1.12 bits per heavy atom. The Labute approximate surface area is 139 Å². The van der Waals surface area contributed by atoms with E-state index < -0.39 is 5.82 Å². The molecule has 0 saturated carbocycles. The number of carbonyl (C=O) groups excluding carboxylic acids is 2. The van der Waals surface area contributed by atoms with Crippen LogP contribution < -0.4 is 16.0 Å². The molecule has 0 spiro atoms. The number of halogens is 1. The number of aromatic nitrogens is 1. The van der Waals surface area contributed by atoms with Gasteiger partial charge in [0.25, 0.3) is 5.91 Å². The highest BCUT2D eigenvalue weighted by Crippen LogP contribution is 2.08. The molecule has 0 bridgehead atoms. The zero-order valence-electron chi connectivity index (χ0n) is 13.3. The van der Waals surface area contributed by atoms with Crippen molar-refractivity contribution >= 4 is 11.9 Å². The van der Waals surface area contributed by atoms with Crippen molar-refractivity contribution in [1.29, 1.82) is 0 Å². The minimum absolute atomic E-state index is 0.245. The monoisotopic (exact) mass is 330 g/mol. The molecular weight excluding hydrogens is 311 g/mol. The van der Waals surface area contributed by atoms with E-state index in [0.717, 1.165) is 5.56 Å². The lowest BCUT2D eigenvalue weighted by atomic mass is 10.1. The van der Waals surface area contributed by atoms with E-state index in [1.807, 2.05) is 6.07 Å². The van der Waals surface area contributed by atoms with Crippen molar-refractivity contribution in [2.75, 3.05) is 13.1 Å². The number of hydrogen-bond acceptors (Lipinski definition) is 3. The number of aryl methyl sites for hydroxylation is 1. The summed E-state index contributed by atoms with van der Waals surface area (Å²) in [6, 6.07) is 7.61. The minimum Gasteiger partial charge on any atom is -0.350 e. The summed E-state index contributed by atoms with van der Waals surface area (Å²) in [4.78, 5) is 27.4. The largest absolute Gasteiger partial charge is 0.350 e. The number of nitrogens with one attached hydrogen (secondary N) is 3. The number of amides is 3. The van der Waals surface area contributed by atoms with Gasteiger partial charge >= 0.3 is 6.03 Å². The average Bonchev–Trinajstić information content (AvgIpc) is 2.60. The summed E-state index contributed by atoms with van der Waals surface area (Å²) in [5.74, 6) is -0.804. The minimum atomic E-state index is -0.421. The van der Waals surface area contributed by atoms with Gasteiger partial charge in [0.05, 0.1) is 0 Å². The quantitative estimate of drug-likeness (QED) is 0.706. The molecule has 2 aromatic rings. The van der Waals surface area contributed by atoms with Crippen molar-refractivity contribution in [2.45, 2.75) is 13.5 Å². The van der Waals surface area contributed by atoms with Gasteiger partial charge in [0.2, 0.25) is 0 Å². The van der Waals surface area contributed by atoms with Gasteiger partial charge in [0.1, 0.15) is 5.82 Å². The van der Waals surface area contributed by atoms with Gasteiger partial charge < -0.3 is 16.0 Å². The first-order valence-electron chi connectivity index (χ1n) is 7.51. The first-order chi connectivity index (χ1) is 11.6. The number of nitrogens with zero attached hydrogens (tertiary/aromatic N) is 1. The second-order valence-corrected chi connectivity index (χ2v) is 5.19. The second kappa shape index (κ2) is 8.61. The maximum atomic E-state index is 13.4. The van der Waals surface area contributed by atoms with E-state index in [4.69, 9.17) is 0 Å². The molecule has 24 heavy (non-hydrogen) atoms. The molecule has 0 saturated heterocycles. The van der Waals surface area contributed by atoms with Gasteiger partial charge in [-0.15, -0.1) is 0 Å². The van der Waals surface area contributed by atoms with Crippen LogP contribution in [0.4, 0.5) is 9.18 Å². The Kier molecular flexibility index (Phi) is 6.24. The third-order valence-corrected chi connectivity index (χ3v) is 3.31. The summed E-state index contributed by atoms with van der Waals surface area (Å²) >= 11 is 0. The zero-order valence-corrected chi connectivity index (χ0v) is 13.3. The molecule has 3 N–H and O–H groups in total. The molecule has 6 nitrogen and oxygen atoms in total. The van der Waals surface area contributed by atoms with E-state index in [1.165, 1.54) is 6.07 Å². The first-order valence-corrected chi connectivity index (χ1v) is 7.51. The molecule has 0 radical (unpaired) electrons. The number of carbonyl (C=O) groups is 2. The van der Waals surface area contributed by atoms with Crippen molar-refractivity contribution < 1.29 is 14.0 Å². The Bertz CT molecular complexity index is 707. The van der Waals surface area contributed by atoms with Crippen LogP contribution in [0, 0.1) is 12.7 Å². The molecule has 0 aliphatic rings. The van der Waals surface area contributed by atoms with Crippen LogP contribution in [0.3, 0.4) is 0 Å². The molecule has 1 aromatic heterocycles. The van der Waals surface area contributed by atoms with Crippen molar-refractivity contribution in [3.8, 4) is 0 Å². The summed E-state index contributed by atoms with van der Waals surface area (Å²) < 4.78 is 13.4. The molecule has 0 atom stereocenters. The predicted octanol–water partition coefficient (Wildman–Crippen LogP) is 1.76. The highest BCUT2D eigenvalue weighted by Gasteiger charge is 2.07. The lowest BCUT2D eigenvalue weighted by molar-refractivity contribution is 0.0953. The summed E-state index contributed by atoms with van der Waals surface area (Å²) in [6.07, 6.45) is 3.33. The highest BCUT2D eigenvalue weighted by atomic mass is 19.1. The summed E-state index contributed by atoms with van der Waals surface area (Å²) in [7, 11) is 0.